The third-order valence-electron chi connectivity index (χ3n) is 2.42. The molecule has 0 atom stereocenters. The van der Waals surface area contributed by atoms with E-state index in [9.17, 15) is 8.78 Å². The van der Waals surface area contributed by atoms with Crippen molar-refractivity contribution in [2.24, 2.45) is 0 Å². The Kier molecular flexibility index (Phi) is 3.82. The molecule has 2 aromatic rings. The highest BCUT2D eigenvalue weighted by Gasteiger charge is 2.01. The predicted molar refractivity (Wildman–Crippen MR) is 65.3 cm³/mol. The van der Waals surface area contributed by atoms with E-state index in [0.717, 1.165) is 6.07 Å². The molecular formula is C13H13F2N3. The molecule has 18 heavy (non-hydrogen) atoms. The van der Waals surface area contributed by atoms with Gasteiger partial charge in [-0.25, -0.2) is 18.7 Å². The number of nitrogens with zero attached hydrogens (tertiary/aromatic N) is 2. The molecule has 1 heterocycles. The van der Waals surface area contributed by atoms with Gasteiger partial charge in [-0.1, -0.05) is 0 Å². The van der Waals surface area contributed by atoms with E-state index < -0.39 is 11.6 Å². The van der Waals surface area contributed by atoms with Gasteiger partial charge in [-0.3, -0.25) is 0 Å². The van der Waals surface area contributed by atoms with Crippen molar-refractivity contribution in [1.29, 1.82) is 0 Å². The maximum absolute atomic E-state index is 13.0. The Morgan fingerprint density at radius 3 is 2.56 bits per heavy atom. The Morgan fingerprint density at radius 1 is 1.17 bits per heavy atom. The SMILES string of the molecule is Cc1nccc(NCCc2cc(F)cc(F)c2)n1. The van der Waals surface area contributed by atoms with E-state index in [1.54, 1.807) is 19.2 Å². The Bertz CT molecular complexity index is 523. The summed E-state index contributed by atoms with van der Waals surface area (Å²) in [7, 11) is 0. The van der Waals surface area contributed by atoms with Crippen LogP contribution in [-0.2, 0) is 6.42 Å². The van der Waals surface area contributed by atoms with Crippen LogP contribution in [0, 0.1) is 18.6 Å². The summed E-state index contributed by atoms with van der Waals surface area (Å²) < 4.78 is 25.9. The van der Waals surface area contributed by atoms with Gasteiger partial charge >= 0.3 is 0 Å². The number of hydrogen-bond donors (Lipinski definition) is 1. The van der Waals surface area contributed by atoms with Crippen molar-refractivity contribution in [2.45, 2.75) is 13.3 Å². The number of hydrogen-bond acceptors (Lipinski definition) is 3. The van der Waals surface area contributed by atoms with E-state index in [4.69, 9.17) is 0 Å². The van der Waals surface area contributed by atoms with Gasteiger partial charge in [-0.05, 0) is 37.1 Å². The van der Waals surface area contributed by atoms with Crippen LogP contribution in [0.1, 0.15) is 11.4 Å². The molecule has 0 aliphatic carbocycles. The average molecular weight is 249 g/mol. The normalized spacial score (nSPS) is 10.4. The van der Waals surface area contributed by atoms with Gasteiger partial charge in [0.15, 0.2) is 0 Å². The molecule has 0 fully saturated rings. The zero-order valence-electron chi connectivity index (χ0n) is 9.95. The van der Waals surface area contributed by atoms with Gasteiger partial charge in [-0.15, -0.1) is 0 Å². The lowest BCUT2D eigenvalue weighted by molar-refractivity contribution is 0.580. The summed E-state index contributed by atoms with van der Waals surface area (Å²) >= 11 is 0. The summed E-state index contributed by atoms with van der Waals surface area (Å²) in [4.78, 5) is 8.15. The summed E-state index contributed by atoms with van der Waals surface area (Å²) in [6, 6.07) is 5.27. The molecule has 0 saturated carbocycles. The molecule has 3 nitrogen and oxygen atoms in total. The Labute approximate surface area is 104 Å². The molecule has 0 radical (unpaired) electrons. The number of nitrogens with one attached hydrogen (secondary N) is 1. The van der Waals surface area contributed by atoms with Crippen molar-refractivity contribution in [3.05, 3.63) is 53.5 Å². The maximum atomic E-state index is 13.0. The molecule has 0 aliphatic heterocycles. The molecule has 0 spiro atoms. The van der Waals surface area contributed by atoms with Crippen LogP contribution in [0.2, 0.25) is 0 Å². The Balaban J connectivity index is 1.92. The minimum absolute atomic E-state index is 0.526. The first-order chi connectivity index (χ1) is 8.63. The molecular weight excluding hydrogens is 236 g/mol. The van der Waals surface area contributed by atoms with Crippen molar-refractivity contribution >= 4 is 5.82 Å². The van der Waals surface area contributed by atoms with Crippen molar-refractivity contribution in [1.82, 2.24) is 9.97 Å². The monoisotopic (exact) mass is 249 g/mol. The fourth-order valence-corrected chi connectivity index (χ4v) is 1.64. The van der Waals surface area contributed by atoms with E-state index >= 15 is 0 Å². The van der Waals surface area contributed by atoms with Gasteiger partial charge in [0.05, 0.1) is 0 Å². The molecule has 1 aromatic carbocycles. The van der Waals surface area contributed by atoms with E-state index in [1.807, 2.05) is 0 Å². The first-order valence-electron chi connectivity index (χ1n) is 5.62. The molecule has 2 rings (SSSR count). The standard InChI is InChI=1S/C13H13F2N3/c1-9-16-5-3-13(18-9)17-4-2-10-6-11(14)8-12(15)7-10/h3,5-8H,2,4H2,1H3,(H,16,17,18). The van der Waals surface area contributed by atoms with E-state index in [2.05, 4.69) is 15.3 Å². The number of aryl methyl sites for hydroxylation is 1. The third kappa shape index (κ3) is 3.48. The lowest BCUT2D eigenvalue weighted by atomic mass is 10.1. The molecule has 0 bridgehead atoms. The van der Waals surface area contributed by atoms with Gasteiger partial charge < -0.3 is 5.32 Å². The quantitative estimate of drug-likeness (QED) is 0.905. The van der Waals surface area contributed by atoms with E-state index in [1.165, 1.54) is 12.1 Å². The lowest BCUT2D eigenvalue weighted by Gasteiger charge is -2.06. The van der Waals surface area contributed by atoms with Gasteiger partial charge in [0.1, 0.15) is 23.3 Å². The Hall–Kier alpha value is -2.04. The number of aromatic nitrogens is 2. The molecule has 5 heteroatoms. The smallest absolute Gasteiger partial charge is 0.129 e. The third-order valence-corrected chi connectivity index (χ3v) is 2.42. The molecule has 0 aliphatic rings. The van der Waals surface area contributed by atoms with Gasteiger partial charge in [0.2, 0.25) is 0 Å². The summed E-state index contributed by atoms with van der Waals surface area (Å²) in [6.45, 7) is 2.35. The lowest BCUT2D eigenvalue weighted by Crippen LogP contribution is -2.07. The van der Waals surface area contributed by atoms with E-state index in [-0.39, 0.29) is 0 Å². The van der Waals surface area contributed by atoms with Crippen LogP contribution in [0.4, 0.5) is 14.6 Å². The molecule has 0 unspecified atom stereocenters. The van der Waals surface area contributed by atoms with Crippen molar-refractivity contribution in [2.75, 3.05) is 11.9 Å². The second-order valence-corrected chi connectivity index (χ2v) is 3.94. The number of anilines is 1. The topological polar surface area (TPSA) is 37.8 Å². The molecule has 94 valence electrons. The van der Waals surface area contributed by atoms with Crippen LogP contribution in [0.3, 0.4) is 0 Å². The van der Waals surface area contributed by atoms with Crippen LogP contribution in [0.5, 0.6) is 0 Å². The van der Waals surface area contributed by atoms with Gasteiger partial charge in [0.25, 0.3) is 0 Å². The van der Waals surface area contributed by atoms with Gasteiger partial charge in [-0.2, -0.15) is 0 Å². The zero-order chi connectivity index (χ0) is 13.0. The zero-order valence-corrected chi connectivity index (χ0v) is 9.95. The summed E-state index contributed by atoms with van der Waals surface area (Å²) in [6.07, 6.45) is 2.18. The van der Waals surface area contributed by atoms with Crippen LogP contribution < -0.4 is 5.32 Å². The van der Waals surface area contributed by atoms with Crippen molar-refractivity contribution in [3.63, 3.8) is 0 Å². The van der Waals surface area contributed by atoms with Crippen LogP contribution in [-0.4, -0.2) is 16.5 Å². The highest BCUT2D eigenvalue weighted by Crippen LogP contribution is 2.09. The minimum atomic E-state index is -0.553. The summed E-state index contributed by atoms with van der Waals surface area (Å²) in [5, 5.41) is 3.08. The highest BCUT2D eigenvalue weighted by atomic mass is 19.1. The van der Waals surface area contributed by atoms with Crippen molar-refractivity contribution < 1.29 is 8.78 Å². The van der Waals surface area contributed by atoms with Crippen LogP contribution >= 0.6 is 0 Å². The van der Waals surface area contributed by atoms with E-state index in [0.29, 0.717) is 30.2 Å². The second kappa shape index (κ2) is 5.53. The number of rotatable bonds is 4. The van der Waals surface area contributed by atoms with Gasteiger partial charge in [0, 0.05) is 18.8 Å². The first kappa shape index (κ1) is 12.4. The van der Waals surface area contributed by atoms with Crippen LogP contribution in [0.25, 0.3) is 0 Å². The molecule has 0 saturated heterocycles. The summed E-state index contributed by atoms with van der Waals surface area (Å²) in [5.74, 6) is 0.280. The second-order valence-electron chi connectivity index (χ2n) is 3.94. The largest absolute Gasteiger partial charge is 0.370 e. The first-order valence-corrected chi connectivity index (χ1v) is 5.62. The van der Waals surface area contributed by atoms with Crippen molar-refractivity contribution in [3.8, 4) is 0 Å². The fourth-order valence-electron chi connectivity index (χ4n) is 1.64. The fraction of sp³-hybridized carbons (Fsp3) is 0.231. The minimum Gasteiger partial charge on any atom is -0.370 e. The number of halogens is 2. The maximum Gasteiger partial charge on any atom is 0.129 e. The number of benzene rings is 1. The average Bonchev–Trinajstić information content (AvgIpc) is 2.27. The summed E-state index contributed by atoms with van der Waals surface area (Å²) in [5.41, 5.74) is 0.616. The highest BCUT2D eigenvalue weighted by molar-refractivity contribution is 5.33. The van der Waals surface area contributed by atoms with Crippen LogP contribution in [0.15, 0.2) is 30.5 Å². The predicted octanol–water partition coefficient (Wildman–Crippen LogP) is 2.72. The molecule has 1 N–H and O–H groups in total. The molecule has 0 amide bonds. The molecule has 1 aromatic heterocycles. The Morgan fingerprint density at radius 2 is 1.89 bits per heavy atom.